The maximum Gasteiger partial charge on any atom is -0.0154 e. The van der Waals surface area contributed by atoms with Gasteiger partial charge in [-0.3, -0.25) is 0 Å². The van der Waals surface area contributed by atoms with Gasteiger partial charge in [0.25, 0.3) is 0 Å². The molecule has 0 heterocycles. The topological polar surface area (TPSA) is 0 Å². The number of hydrogen-bond acceptors (Lipinski definition) is 0. The van der Waals surface area contributed by atoms with Crippen LogP contribution < -0.4 is 0 Å². The highest BCUT2D eigenvalue weighted by Crippen LogP contribution is 2.25. The highest BCUT2D eigenvalue weighted by molar-refractivity contribution is 5.79. The molecule has 0 N–H and O–H groups in total. The molecular weight excluding hydrogens is 216 g/mol. The second-order valence-corrected chi connectivity index (χ2v) is 4.85. The molecule has 0 spiro atoms. The van der Waals surface area contributed by atoms with E-state index in [4.69, 9.17) is 0 Å². The minimum absolute atomic E-state index is 1.08. The molecule has 2 rings (SSSR count). The van der Waals surface area contributed by atoms with Gasteiger partial charge >= 0.3 is 0 Å². The van der Waals surface area contributed by atoms with Crippen LogP contribution in [-0.2, 0) is 6.42 Å². The molecule has 0 unspecified atom stereocenters. The van der Waals surface area contributed by atoms with E-state index >= 15 is 0 Å². The van der Waals surface area contributed by atoms with Crippen LogP contribution in [0.4, 0.5) is 0 Å². The first-order valence-corrected chi connectivity index (χ1v) is 6.47. The summed E-state index contributed by atoms with van der Waals surface area (Å²) in [7, 11) is 0. The van der Waals surface area contributed by atoms with Crippen molar-refractivity contribution in [3.05, 3.63) is 76.9 Å². The number of benzene rings is 2. The van der Waals surface area contributed by atoms with Gasteiger partial charge in [0.05, 0.1) is 0 Å². The quantitative estimate of drug-likeness (QED) is 0.709. The fourth-order valence-corrected chi connectivity index (χ4v) is 2.25. The zero-order valence-corrected chi connectivity index (χ0v) is 11.5. The summed E-state index contributed by atoms with van der Waals surface area (Å²) in [6.07, 6.45) is 1.08. The summed E-state index contributed by atoms with van der Waals surface area (Å²) in [6, 6.07) is 15.2. The average Bonchev–Trinajstić information content (AvgIpc) is 2.38. The van der Waals surface area contributed by atoms with E-state index in [1.165, 1.54) is 27.8 Å². The average molecular weight is 236 g/mol. The van der Waals surface area contributed by atoms with Gasteiger partial charge in [-0.1, -0.05) is 61.5 Å². The molecule has 0 bridgehead atoms. The van der Waals surface area contributed by atoms with E-state index in [9.17, 15) is 0 Å². The number of hydrogen-bond donors (Lipinski definition) is 0. The van der Waals surface area contributed by atoms with Gasteiger partial charge < -0.3 is 0 Å². The van der Waals surface area contributed by atoms with E-state index in [0.717, 1.165) is 12.0 Å². The Labute approximate surface area is 110 Å². The summed E-state index contributed by atoms with van der Waals surface area (Å²) >= 11 is 0. The highest BCUT2D eigenvalue weighted by Gasteiger charge is 2.05. The summed E-state index contributed by atoms with van der Waals surface area (Å²) in [5, 5.41) is 0. The van der Waals surface area contributed by atoms with Crippen molar-refractivity contribution in [3.63, 3.8) is 0 Å². The molecule has 0 heteroatoms. The SMILES string of the molecule is C=C(c1ccc(CC)cc1)c1ccc(C)cc1C. The molecule has 0 aliphatic heterocycles. The van der Waals surface area contributed by atoms with E-state index in [1.807, 2.05) is 0 Å². The van der Waals surface area contributed by atoms with Gasteiger partial charge in [0.1, 0.15) is 0 Å². The van der Waals surface area contributed by atoms with Gasteiger partial charge in [-0.25, -0.2) is 0 Å². The normalized spacial score (nSPS) is 10.4. The Morgan fingerprint density at radius 2 is 1.67 bits per heavy atom. The van der Waals surface area contributed by atoms with Gasteiger partial charge in [0, 0.05) is 0 Å². The zero-order chi connectivity index (χ0) is 13.1. The van der Waals surface area contributed by atoms with Crippen molar-refractivity contribution in [1.29, 1.82) is 0 Å². The van der Waals surface area contributed by atoms with Crippen molar-refractivity contribution in [2.45, 2.75) is 27.2 Å². The van der Waals surface area contributed by atoms with E-state index in [1.54, 1.807) is 0 Å². The van der Waals surface area contributed by atoms with Gasteiger partial charge in [-0.15, -0.1) is 0 Å². The third-order valence-corrected chi connectivity index (χ3v) is 3.42. The molecular formula is C18H20. The molecule has 0 saturated heterocycles. The lowest BCUT2D eigenvalue weighted by atomic mass is 9.94. The van der Waals surface area contributed by atoms with E-state index in [-0.39, 0.29) is 0 Å². The summed E-state index contributed by atoms with van der Waals surface area (Å²) in [5.41, 5.74) is 7.51. The molecule has 0 saturated carbocycles. The number of rotatable bonds is 3. The van der Waals surface area contributed by atoms with Crippen LogP contribution in [0, 0.1) is 13.8 Å². The molecule has 2 aromatic carbocycles. The van der Waals surface area contributed by atoms with Gasteiger partial charge in [0.15, 0.2) is 0 Å². The van der Waals surface area contributed by atoms with Crippen molar-refractivity contribution in [1.82, 2.24) is 0 Å². The molecule has 18 heavy (non-hydrogen) atoms. The molecule has 0 aromatic heterocycles. The van der Waals surface area contributed by atoms with Crippen LogP contribution >= 0.6 is 0 Å². The molecule has 0 aliphatic rings. The van der Waals surface area contributed by atoms with Crippen LogP contribution in [0.15, 0.2) is 49.0 Å². The Bertz CT molecular complexity index is 559. The second kappa shape index (κ2) is 5.22. The van der Waals surface area contributed by atoms with Gasteiger partial charge in [-0.2, -0.15) is 0 Å². The van der Waals surface area contributed by atoms with Gasteiger partial charge in [-0.05, 0) is 48.1 Å². The Morgan fingerprint density at radius 3 is 2.22 bits per heavy atom. The summed E-state index contributed by atoms with van der Waals surface area (Å²) in [4.78, 5) is 0. The number of aryl methyl sites for hydroxylation is 3. The van der Waals surface area contributed by atoms with Crippen LogP contribution in [0.5, 0.6) is 0 Å². The predicted molar refractivity (Wildman–Crippen MR) is 79.9 cm³/mol. The molecule has 0 nitrogen and oxygen atoms in total. The first kappa shape index (κ1) is 12.6. The highest BCUT2D eigenvalue weighted by atomic mass is 14.1. The minimum Gasteiger partial charge on any atom is -0.0905 e. The van der Waals surface area contributed by atoms with E-state index < -0.39 is 0 Å². The van der Waals surface area contributed by atoms with E-state index in [0.29, 0.717) is 0 Å². The molecule has 0 atom stereocenters. The molecule has 2 aromatic rings. The van der Waals surface area contributed by atoms with Gasteiger partial charge in [0.2, 0.25) is 0 Å². The maximum atomic E-state index is 4.24. The Morgan fingerprint density at radius 1 is 1.00 bits per heavy atom. The van der Waals surface area contributed by atoms with Crippen molar-refractivity contribution >= 4 is 5.57 Å². The van der Waals surface area contributed by atoms with Crippen molar-refractivity contribution in [2.75, 3.05) is 0 Å². The first-order valence-electron chi connectivity index (χ1n) is 6.47. The lowest BCUT2D eigenvalue weighted by Crippen LogP contribution is -1.91. The van der Waals surface area contributed by atoms with Crippen molar-refractivity contribution < 1.29 is 0 Å². The van der Waals surface area contributed by atoms with Crippen LogP contribution in [0.25, 0.3) is 5.57 Å². The Kier molecular flexibility index (Phi) is 3.66. The summed E-state index contributed by atoms with van der Waals surface area (Å²) < 4.78 is 0. The molecule has 0 aliphatic carbocycles. The van der Waals surface area contributed by atoms with E-state index in [2.05, 4.69) is 69.8 Å². The third-order valence-electron chi connectivity index (χ3n) is 3.42. The maximum absolute atomic E-state index is 4.24. The lowest BCUT2D eigenvalue weighted by Gasteiger charge is -2.11. The summed E-state index contributed by atoms with van der Waals surface area (Å²) in [5.74, 6) is 0. The first-order chi connectivity index (χ1) is 8.61. The molecule has 92 valence electrons. The predicted octanol–water partition coefficient (Wildman–Crippen LogP) is 4.93. The van der Waals surface area contributed by atoms with Crippen molar-refractivity contribution in [2.24, 2.45) is 0 Å². The van der Waals surface area contributed by atoms with Crippen molar-refractivity contribution in [3.8, 4) is 0 Å². The zero-order valence-electron chi connectivity index (χ0n) is 11.5. The van der Waals surface area contributed by atoms with Crippen LogP contribution in [0.3, 0.4) is 0 Å². The molecule has 0 fully saturated rings. The fraction of sp³-hybridized carbons (Fsp3) is 0.222. The standard InChI is InChI=1S/C18H20/c1-5-16-7-9-17(10-8-16)15(4)18-11-6-13(2)12-14(18)3/h6-12H,4-5H2,1-3H3. The third kappa shape index (κ3) is 2.53. The second-order valence-electron chi connectivity index (χ2n) is 4.85. The van der Waals surface area contributed by atoms with Crippen LogP contribution in [-0.4, -0.2) is 0 Å². The van der Waals surface area contributed by atoms with Crippen LogP contribution in [0.2, 0.25) is 0 Å². The smallest absolute Gasteiger partial charge is 0.0154 e. The Hall–Kier alpha value is -1.82. The molecule has 0 radical (unpaired) electrons. The fourth-order valence-electron chi connectivity index (χ4n) is 2.25. The summed E-state index contributed by atoms with van der Waals surface area (Å²) in [6.45, 7) is 10.7. The molecule has 0 amide bonds. The Balaban J connectivity index is 2.35. The lowest BCUT2D eigenvalue weighted by molar-refractivity contribution is 1.14. The monoisotopic (exact) mass is 236 g/mol. The van der Waals surface area contributed by atoms with Crippen LogP contribution in [0.1, 0.15) is 34.7 Å². The minimum atomic E-state index is 1.08. The largest absolute Gasteiger partial charge is 0.0905 e.